The van der Waals surface area contributed by atoms with E-state index in [9.17, 15) is 8.42 Å². The number of fused-ring (bicyclic) bond motifs is 1. The summed E-state index contributed by atoms with van der Waals surface area (Å²) >= 11 is 0. The smallest absolute Gasteiger partial charge is 0.214 e. The zero-order valence-corrected chi connectivity index (χ0v) is 18.9. The van der Waals surface area contributed by atoms with Gasteiger partial charge < -0.3 is 9.47 Å². The van der Waals surface area contributed by atoms with Crippen LogP contribution in [-0.4, -0.2) is 60.4 Å². The summed E-state index contributed by atoms with van der Waals surface area (Å²) in [5, 5.41) is 4.70. The minimum atomic E-state index is -3.22. The summed E-state index contributed by atoms with van der Waals surface area (Å²) in [5.41, 5.74) is 2.56. The van der Waals surface area contributed by atoms with Crippen LogP contribution in [0.25, 0.3) is 16.8 Å². The molecule has 1 aromatic carbocycles. The zero-order valence-electron chi connectivity index (χ0n) is 18.1. The number of aromatic nitrogens is 3. The Labute approximate surface area is 182 Å². The van der Waals surface area contributed by atoms with Gasteiger partial charge in [-0.1, -0.05) is 19.1 Å². The van der Waals surface area contributed by atoms with Crippen LogP contribution in [0.3, 0.4) is 0 Å². The van der Waals surface area contributed by atoms with Crippen LogP contribution in [-0.2, 0) is 10.0 Å². The second kappa shape index (κ2) is 8.84. The quantitative estimate of drug-likeness (QED) is 0.556. The van der Waals surface area contributed by atoms with Gasteiger partial charge in [-0.2, -0.15) is 5.10 Å². The molecule has 1 fully saturated rings. The summed E-state index contributed by atoms with van der Waals surface area (Å²) in [7, 11) is 0.0174. The fourth-order valence-corrected chi connectivity index (χ4v) is 5.73. The summed E-state index contributed by atoms with van der Waals surface area (Å²) in [6.45, 7) is 2.90. The lowest BCUT2D eigenvalue weighted by Crippen LogP contribution is -2.40. The van der Waals surface area contributed by atoms with Crippen LogP contribution in [0, 0.1) is 0 Å². The first-order chi connectivity index (χ1) is 15.0. The van der Waals surface area contributed by atoms with Crippen molar-refractivity contribution < 1.29 is 17.9 Å². The lowest BCUT2D eigenvalue weighted by atomic mass is 9.99. The molecule has 1 unspecified atom stereocenters. The summed E-state index contributed by atoms with van der Waals surface area (Å²) in [5.74, 6) is 2.19. The molecule has 8 nitrogen and oxygen atoms in total. The predicted molar refractivity (Wildman–Crippen MR) is 119 cm³/mol. The number of hydrogen-bond donors (Lipinski definition) is 0. The molecular weight excluding hydrogens is 416 g/mol. The third-order valence-corrected chi connectivity index (χ3v) is 7.71. The van der Waals surface area contributed by atoms with E-state index in [0.29, 0.717) is 36.8 Å². The first-order valence-electron chi connectivity index (χ1n) is 10.5. The Morgan fingerprint density at radius 2 is 2.00 bits per heavy atom. The molecule has 9 heteroatoms. The van der Waals surface area contributed by atoms with E-state index < -0.39 is 10.0 Å². The van der Waals surface area contributed by atoms with E-state index >= 15 is 0 Å². The van der Waals surface area contributed by atoms with E-state index in [2.05, 4.69) is 4.98 Å². The van der Waals surface area contributed by atoms with E-state index in [1.807, 2.05) is 43.5 Å². The fraction of sp³-hybridized carbons (Fsp3) is 0.455. The van der Waals surface area contributed by atoms with Crippen molar-refractivity contribution in [3.63, 3.8) is 0 Å². The molecule has 4 rings (SSSR count). The van der Waals surface area contributed by atoms with Crippen molar-refractivity contribution in [2.24, 2.45) is 0 Å². The Balaban J connectivity index is 1.64. The maximum atomic E-state index is 12.5. The number of sulfonamides is 1. The van der Waals surface area contributed by atoms with Crippen LogP contribution in [0.2, 0.25) is 0 Å². The minimum Gasteiger partial charge on any atom is -0.493 e. The van der Waals surface area contributed by atoms with Gasteiger partial charge >= 0.3 is 0 Å². The Hall–Kier alpha value is -2.65. The Morgan fingerprint density at radius 3 is 2.74 bits per heavy atom. The highest BCUT2D eigenvalue weighted by molar-refractivity contribution is 7.89. The van der Waals surface area contributed by atoms with Crippen LogP contribution in [0.4, 0.5) is 0 Å². The molecule has 3 heterocycles. The first kappa shape index (κ1) is 21.6. The van der Waals surface area contributed by atoms with Gasteiger partial charge in [-0.3, -0.25) is 0 Å². The molecule has 0 radical (unpaired) electrons. The van der Waals surface area contributed by atoms with Gasteiger partial charge in [-0.05, 0) is 37.5 Å². The maximum absolute atomic E-state index is 12.5. The third kappa shape index (κ3) is 4.24. The van der Waals surface area contributed by atoms with Crippen molar-refractivity contribution in [1.82, 2.24) is 18.9 Å². The molecular formula is C22H28N4O4S. The van der Waals surface area contributed by atoms with Crippen molar-refractivity contribution in [3.8, 4) is 22.6 Å². The normalized spacial score (nSPS) is 17.7. The van der Waals surface area contributed by atoms with E-state index in [1.165, 1.54) is 0 Å². The second-order valence-corrected chi connectivity index (χ2v) is 9.83. The van der Waals surface area contributed by atoms with Crippen LogP contribution in [0.15, 0.2) is 36.5 Å². The topological polar surface area (TPSA) is 86.0 Å². The number of piperidine rings is 1. The number of methoxy groups -OCH3 is 2. The van der Waals surface area contributed by atoms with E-state index in [4.69, 9.17) is 14.6 Å². The summed E-state index contributed by atoms with van der Waals surface area (Å²) < 4.78 is 39.3. The number of benzene rings is 1. The molecule has 0 amide bonds. The fourth-order valence-electron chi connectivity index (χ4n) is 4.14. The molecule has 1 aliphatic heterocycles. The summed E-state index contributed by atoms with van der Waals surface area (Å²) in [4.78, 5) is 4.68. The second-order valence-electron chi connectivity index (χ2n) is 7.74. The largest absolute Gasteiger partial charge is 0.493 e. The highest BCUT2D eigenvalue weighted by atomic mass is 32.2. The average molecular weight is 445 g/mol. The molecule has 1 atom stereocenters. The van der Waals surface area contributed by atoms with Gasteiger partial charge in [0, 0.05) is 36.3 Å². The molecule has 3 aromatic rings. The van der Waals surface area contributed by atoms with Crippen molar-refractivity contribution in [3.05, 3.63) is 42.4 Å². The van der Waals surface area contributed by atoms with Gasteiger partial charge in [0.25, 0.3) is 0 Å². The van der Waals surface area contributed by atoms with Crippen molar-refractivity contribution in [2.75, 3.05) is 33.1 Å². The van der Waals surface area contributed by atoms with Crippen LogP contribution in [0.1, 0.15) is 37.9 Å². The van der Waals surface area contributed by atoms with E-state index in [0.717, 1.165) is 29.6 Å². The van der Waals surface area contributed by atoms with Gasteiger partial charge in [0.05, 0.1) is 20.0 Å². The molecule has 0 spiro atoms. The molecule has 0 aliphatic carbocycles. The molecule has 0 saturated carbocycles. The minimum absolute atomic E-state index is 0.00455. The highest BCUT2D eigenvalue weighted by Crippen LogP contribution is 2.37. The first-order valence-corrected chi connectivity index (χ1v) is 12.1. The summed E-state index contributed by atoms with van der Waals surface area (Å²) in [6.07, 6.45) is 4.23. The monoisotopic (exact) mass is 444 g/mol. The van der Waals surface area contributed by atoms with Crippen molar-refractivity contribution in [1.29, 1.82) is 0 Å². The Morgan fingerprint density at radius 1 is 1.16 bits per heavy atom. The number of nitrogens with zero attached hydrogens (tertiary/aromatic N) is 4. The molecule has 0 N–H and O–H groups in total. The third-order valence-electron chi connectivity index (χ3n) is 5.67. The van der Waals surface area contributed by atoms with Crippen molar-refractivity contribution >= 4 is 15.7 Å². The van der Waals surface area contributed by atoms with Gasteiger partial charge in [-0.15, -0.1) is 0 Å². The number of para-hydroxylation sites is 1. The molecule has 31 heavy (non-hydrogen) atoms. The number of rotatable bonds is 7. The van der Waals surface area contributed by atoms with Crippen molar-refractivity contribution in [2.45, 2.75) is 32.1 Å². The molecule has 0 bridgehead atoms. The Kier molecular flexibility index (Phi) is 6.15. The molecule has 1 saturated heterocycles. The van der Waals surface area contributed by atoms with Gasteiger partial charge in [0.1, 0.15) is 0 Å². The lowest BCUT2D eigenvalue weighted by Gasteiger charge is -2.30. The number of pyridine rings is 1. The average Bonchev–Trinajstić information content (AvgIpc) is 3.22. The molecule has 2 aromatic heterocycles. The van der Waals surface area contributed by atoms with E-state index in [-0.39, 0.29) is 11.7 Å². The highest BCUT2D eigenvalue weighted by Gasteiger charge is 2.31. The summed E-state index contributed by atoms with van der Waals surface area (Å²) in [6, 6.07) is 9.64. The maximum Gasteiger partial charge on any atom is 0.214 e. The van der Waals surface area contributed by atoms with Crippen LogP contribution < -0.4 is 9.47 Å². The predicted octanol–water partition coefficient (Wildman–Crippen LogP) is 3.33. The van der Waals surface area contributed by atoms with Crippen LogP contribution >= 0.6 is 0 Å². The van der Waals surface area contributed by atoms with Gasteiger partial charge in [0.15, 0.2) is 23.0 Å². The number of ether oxygens (including phenoxy) is 2. The molecule has 1 aliphatic rings. The van der Waals surface area contributed by atoms with E-state index in [1.54, 1.807) is 23.0 Å². The SMILES string of the molecule is CCCS(=O)(=O)N1CCCC(c2nc3ccc(-c4cccc(OC)c4OC)cn3n2)C1. The molecule has 166 valence electrons. The Bertz CT molecular complexity index is 1180. The zero-order chi connectivity index (χ0) is 22.0. The number of hydrogen-bond acceptors (Lipinski definition) is 6. The standard InChI is InChI=1S/C22H28N4O4S/c1-4-13-31(27,28)25-12-6-7-17(14-25)22-23-20-11-10-16(15-26(20)24-22)18-8-5-9-19(29-2)21(18)30-3/h5,8-11,15,17H,4,6-7,12-14H2,1-3H3. The van der Waals surface area contributed by atoms with Gasteiger partial charge in [0.2, 0.25) is 10.0 Å². The van der Waals surface area contributed by atoms with Gasteiger partial charge in [-0.25, -0.2) is 22.2 Å². The lowest BCUT2D eigenvalue weighted by molar-refractivity contribution is 0.309. The van der Waals surface area contributed by atoms with Crippen LogP contribution in [0.5, 0.6) is 11.5 Å².